The molecule has 0 saturated heterocycles. The molecule has 14 heavy (non-hydrogen) atoms. The first-order valence-electron chi connectivity index (χ1n) is 3.32. The van der Waals surface area contributed by atoms with Crippen LogP contribution in [-0.2, 0) is 0 Å². The molecule has 1 aromatic rings. The Labute approximate surface area is 85.2 Å². The molecule has 0 atom stereocenters. The molecule has 0 saturated carbocycles. The van der Waals surface area contributed by atoms with E-state index in [4.69, 9.17) is 5.73 Å². The molecule has 0 fully saturated rings. The minimum Gasteiger partial charge on any atom is -0.397 e. The van der Waals surface area contributed by atoms with E-state index in [0.717, 1.165) is 6.07 Å². The lowest BCUT2D eigenvalue weighted by Crippen LogP contribution is -2.01. The highest BCUT2D eigenvalue weighted by Gasteiger charge is 2.24. The Morgan fingerprint density at radius 3 is 2.64 bits per heavy atom. The van der Waals surface area contributed by atoms with Gasteiger partial charge in [0.15, 0.2) is 0 Å². The third kappa shape index (κ3) is 1.95. The summed E-state index contributed by atoms with van der Waals surface area (Å²) >= 11 is 2.79. The van der Waals surface area contributed by atoms with Gasteiger partial charge in [0.25, 0.3) is 0 Å². The molecule has 0 aliphatic carbocycles. The molecule has 5 nitrogen and oxygen atoms in total. The number of halogens is 3. The number of pyridine rings is 1. The van der Waals surface area contributed by atoms with E-state index in [-0.39, 0.29) is 10.2 Å². The van der Waals surface area contributed by atoms with Crippen LogP contribution in [-0.4, -0.2) is 9.91 Å². The first-order chi connectivity index (χ1) is 6.43. The predicted molar refractivity (Wildman–Crippen MR) is 48.0 cm³/mol. The van der Waals surface area contributed by atoms with Crippen molar-refractivity contribution < 1.29 is 13.7 Å². The number of hydrogen-bond donors (Lipinski definition) is 1. The normalized spacial score (nSPS) is 10.6. The van der Waals surface area contributed by atoms with E-state index in [2.05, 4.69) is 20.9 Å². The van der Waals surface area contributed by atoms with Gasteiger partial charge >= 0.3 is 12.2 Å². The summed E-state index contributed by atoms with van der Waals surface area (Å²) in [7, 11) is 0. The number of rotatable bonds is 2. The van der Waals surface area contributed by atoms with E-state index < -0.39 is 22.9 Å². The zero-order valence-electron chi connectivity index (χ0n) is 6.58. The van der Waals surface area contributed by atoms with Crippen LogP contribution in [0.2, 0.25) is 0 Å². The van der Waals surface area contributed by atoms with Gasteiger partial charge in [-0.05, 0) is 25.8 Å². The zero-order valence-corrected chi connectivity index (χ0v) is 8.16. The van der Waals surface area contributed by atoms with Gasteiger partial charge < -0.3 is 15.8 Å². The van der Waals surface area contributed by atoms with E-state index >= 15 is 0 Å². The third-order valence-corrected chi connectivity index (χ3v) is 2.20. The van der Waals surface area contributed by atoms with Gasteiger partial charge in [-0.15, -0.1) is 0 Å². The van der Waals surface area contributed by atoms with Crippen molar-refractivity contribution in [3.63, 3.8) is 0 Å². The molecule has 0 amide bonds. The van der Waals surface area contributed by atoms with Gasteiger partial charge in [-0.1, -0.05) is 0 Å². The minimum absolute atomic E-state index is 0.0908. The van der Waals surface area contributed by atoms with Gasteiger partial charge in [0, 0.05) is 6.07 Å². The summed E-state index contributed by atoms with van der Waals surface area (Å²) in [5, 5.41) is 10.4. The highest BCUT2D eigenvalue weighted by molar-refractivity contribution is 9.10. The lowest BCUT2D eigenvalue weighted by Gasteiger charge is -2.01. The maximum absolute atomic E-state index is 12.2. The first kappa shape index (κ1) is 10.8. The second kappa shape index (κ2) is 3.82. The molecule has 0 unspecified atom stereocenters. The predicted octanol–water partition coefficient (Wildman–Crippen LogP) is 2.27. The Balaban J connectivity index is 3.35. The Bertz CT molecular complexity index is 386. The molecule has 0 aliphatic heterocycles. The fourth-order valence-corrected chi connectivity index (χ4v) is 1.14. The van der Waals surface area contributed by atoms with Crippen LogP contribution >= 0.6 is 15.9 Å². The van der Waals surface area contributed by atoms with Crippen LogP contribution in [0.1, 0.15) is 12.1 Å². The third-order valence-electron chi connectivity index (χ3n) is 1.38. The highest BCUT2D eigenvalue weighted by atomic mass is 79.9. The van der Waals surface area contributed by atoms with Crippen LogP contribution in [0.25, 0.3) is 0 Å². The van der Waals surface area contributed by atoms with Crippen LogP contribution in [0.4, 0.5) is 20.3 Å². The van der Waals surface area contributed by atoms with E-state index in [1.165, 1.54) is 0 Å². The number of nitrogens with zero attached hydrogens (tertiary/aromatic N) is 2. The fourth-order valence-electron chi connectivity index (χ4n) is 0.788. The minimum atomic E-state index is -2.89. The van der Waals surface area contributed by atoms with Crippen molar-refractivity contribution in [2.24, 2.45) is 0 Å². The Morgan fingerprint density at radius 1 is 1.64 bits per heavy atom. The molecule has 0 bridgehead atoms. The molecule has 1 heterocycles. The van der Waals surface area contributed by atoms with E-state index in [1.54, 1.807) is 0 Å². The first-order valence-corrected chi connectivity index (χ1v) is 4.11. The molecular weight excluding hydrogens is 264 g/mol. The number of nitrogens with two attached hydrogens (primary N) is 1. The van der Waals surface area contributed by atoms with Crippen molar-refractivity contribution in [3.05, 3.63) is 26.3 Å². The van der Waals surface area contributed by atoms with Gasteiger partial charge in [-0.2, -0.15) is 0 Å². The van der Waals surface area contributed by atoms with Crippen LogP contribution in [0, 0.1) is 10.1 Å². The summed E-state index contributed by atoms with van der Waals surface area (Å²) < 4.78 is 24.2. The summed E-state index contributed by atoms with van der Waals surface area (Å²) in [6.45, 7) is 0. The number of alkyl halides is 2. The van der Waals surface area contributed by atoms with E-state index in [1.807, 2.05) is 0 Å². The number of nitro groups is 1. The van der Waals surface area contributed by atoms with Crippen molar-refractivity contribution in [2.45, 2.75) is 6.43 Å². The lowest BCUT2D eigenvalue weighted by atomic mass is 10.3. The van der Waals surface area contributed by atoms with Crippen LogP contribution < -0.4 is 5.73 Å². The second-order valence-corrected chi connectivity index (χ2v) is 3.12. The van der Waals surface area contributed by atoms with Gasteiger partial charge in [0.05, 0.1) is 5.69 Å². The summed E-state index contributed by atoms with van der Waals surface area (Å²) in [6, 6.07) is 0.891. The van der Waals surface area contributed by atoms with Crippen LogP contribution in [0.5, 0.6) is 0 Å². The fraction of sp³-hybridized carbons (Fsp3) is 0.167. The zero-order chi connectivity index (χ0) is 10.9. The van der Waals surface area contributed by atoms with Crippen molar-refractivity contribution in [3.8, 4) is 0 Å². The van der Waals surface area contributed by atoms with Gasteiger partial charge in [0.1, 0.15) is 4.47 Å². The molecular formula is C6H4BrF2N3O2. The van der Waals surface area contributed by atoms with E-state index in [0.29, 0.717) is 0 Å². The summed E-state index contributed by atoms with van der Waals surface area (Å²) in [5.74, 6) is -0.708. The number of aromatic nitrogens is 1. The second-order valence-electron chi connectivity index (χ2n) is 2.33. The smallest absolute Gasteiger partial charge is 0.380 e. The average Bonchev–Trinajstić information content (AvgIpc) is 2.08. The SMILES string of the molecule is Nc1cc(C(F)F)nc([N+](=O)[O-])c1Br. The maximum Gasteiger partial charge on any atom is 0.380 e. The maximum atomic E-state index is 12.2. The highest BCUT2D eigenvalue weighted by Crippen LogP contribution is 2.31. The summed E-state index contributed by atoms with van der Waals surface area (Å²) in [5.41, 5.74) is 4.42. The number of nitrogen functional groups attached to an aromatic ring is 1. The molecule has 1 rings (SSSR count). The van der Waals surface area contributed by atoms with Crippen molar-refractivity contribution in [2.75, 3.05) is 5.73 Å². The monoisotopic (exact) mass is 267 g/mol. The Hall–Kier alpha value is -1.31. The summed E-state index contributed by atoms with van der Waals surface area (Å²) in [4.78, 5) is 12.6. The van der Waals surface area contributed by atoms with Crippen LogP contribution in [0.3, 0.4) is 0 Å². The molecule has 1 aromatic heterocycles. The molecule has 76 valence electrons. The quantitative estimate of drug-likeness (QED) is 0.658. The standard InChI is InChI=1S/C6H4BrF2N3O2/c7-4-2(10)1-3(5(8)9)11-6(4)12(13)14/h1,5H,(H2,10,11). The van der Waals surface area contributed by atoms with Gasteiger partial charge in [-0.25, -0.2) is 8.78 Å². The number of hydrogen-bond acceptors (Lipinski definition) is 4. The van der Waals surface area contributed by atoms with Gasteiger partial charge in [-0.3, -0.25) is 0 Å². The average molecular weight is 268 g/mol. The topological polar surface area (TPSA) is 82.0 Å². The summed E-state index contributed by atoms with van der Waals surface area (Å²) in [6.07, 6.45) is -2.89. The lowest BCUT2D eigenvalue weighted by molar-refractivity contribution is -0.390. The molecule has 8 heteroatoms. The van der Waals surface area contributed by atoms with Gasteiger partial charge in [0.2, 0.25) is 5.69 Å². The molecule has 0 aliphatic rings. The van der Waals surface area contributed by atoms with Crippen molar-refractivity contribution >= 4 is 27.4 Å². The van der Waals surface area contributed by atoms with Crippen molar-refractivity contribution in [1.29, 1.82) is 0 Å². The molecule has 0 aromatic carbocycles. The van der Waals surface area contributed by atoms with E-state index in [9.17, 15) is 18.9 Å². The molecule has 0 radical (unpaired) electrons. The van der Waals surface area contributed by atoms with Crippen LogP contribution in [0.15, 0.2) is 10.5 Å². The van der Waals surface area contributed by atoms with Crippen molar-refractivity contribution in [1.82, 2.24) is 4.98 Å². The largest absolute Gasteiger partial charge is 0.397 e. The Morgan fingerprint density at radius 2 is 2.21 bits per heavy atom. The number of anilines is 1. The Kier molecular flexibility index (Phi) is 2.94. The molecule has 2 N–H and O–H groups in total. The molecule has 0 spiro atoms.